The number of likely N-dealkylation sites (N-methyl/N-ethyl adjacent to an activating group) is 1. The number of ether oxygens (including phenoxy) is 1. The summed E-state index contributed by atoms with van der Waals surface area (Å²) in [7, 11) is 3.37. The standard InChI is InChI=1S/C15H22F2N2O2/c1-11(12-5-6-13(16)14(17)9-12)19(2)10-15(20)18-7-4-8-21-3/h5-6,9,11H,4,7-8,10H2,1-3H3,(H,18,20). The molecule has 0 heterocycles. The average molecular weight is 300 g/mol. The van der Waals surface area contributed by atoms with E-state index in [2.05, 4.69) is 5.32 Å². The number of rotatable bonds is 8. The maximum absolute atomic E-state index is 13.2. The summed E-state index contributed by atoms with van der Waals surface area (Å²) < 4.78 is 31.0. The van der Waals surface area contributed by atoms with Crippen LogP contribution in [0, 0.1) is 11.6 Å². The first kappa shape index (κ1) is 17.5. The van der Waals surface area contributed by atoms with Crippen molar-refractivity contribution in [1.29, 1.82) is 0 Å². The smallest absolute Gasteiger partial charge is 0.234 e. The highest BCUT2D eigenvalue weighted by Crippen LogP contribution is 2.20. The van der Waals surface area contributed by atoms with Gasteiger partial charge in [0.05, 0.1) is 6.54 Å². The summed E-state index contributed by atoms with van der Waals surface area (Å²) in [5.74, 6) is -1.86. The average Bonchev–Trinajstić information content (AvgIpc) is 2.45. The number of nitrogens with one attached hydrogen (secondary N) is 1. The van der Waals surface area contributed by atoms with Crippen LogP contribution < -0.4 is 5.32 Å². The van der Waals surface area contributed by atoms with Gasteiger partial charge in [0.1, 0.15) is 0 Å². The molecule has 0 aliphatic heterocycles. The van der Waals surface area contributed by atoms with Gasteiger partial charge in [0.15, 0.2) is 11.6 Å². The molecule has 21 heavy (non-hydrogen) atoms. The van der Waals surface area contributed by atoms with Crippen LogP contribution in [0.2, 0.25) is 0 Å². The number of amides is 1. The molecule has 4 nitrogen and oxygen atoms in total. The summed E-state index contributed by atoms with van der Waals surface area (Å²) in [5.41, 5.74) is 0.628. The molecule has 0 fully saturated rings. The number of carbonyl (C=O) groups excluding carboxylic acids is 1. The minimum absolute atomic E-state index is 0.108. The van der Waals surface area contributed by atoms with Crippen molar-refractivity contribution in [1.82, 2.24) is 10.2 Å². The summed E-state index contributed by atoms with van der Waals surface area (Å²) in [5, 5.41) is 2.78. The van der Waals surface area contributed by atoms with E-state index >= 15 is 0 Å². The molecule has 1 N–H and O–H groups in total. The maximum Gasteiger partial charge on any atom is 0.234 e. The van der Waals surface area contributed by atoms with Crippen molar-refractivity contribution in [3.05, 3.63) is 35.4 Å². The quantitative estimate of drug-likeness (QED) is 0.748. The number of nitrogens with zero attached hydrogens (tertiary/aromatic N) is 1. The number of methoxy groups -OCH3 is 1. The number of hydrogen-bond donors (Lipinski definition) is 1. The minimum atomic E-state index is -0.878. The number of carbonyl (C=O) groups is 1. The fourth-order valence-corrected chi connectivity index (χ4v) is 1.89. The van der Waals surface area contributed by atoms with Crippen molar-refractivity contribution in [2.24, 2.45) is 0 Å². The predicted molar refractivity (Wildman–Crippen MR) is 76.9 cm³/mol. The van der Waals surface area contributed by atoms with Gasteiger partial charge in [-0.2, -0.15) is 0 Å². The molecule has 1 rings (SSSR count). The van der Waals surface area contributed by atoms with E-state index in [0.717, 1.165) is 18.6 Å². The van der Waals surface area contributed by atoms with Gasteiger partial charge in [0.25, 0.3) is 0 Å². The zero-order valence-electron chi connectivity index (χ0n) is 12.7. The van der Waals surface area contributed by atoms with Crippen LogP contribution in [-0.2, 0) is 9.53 Å². The number of halogens is 2. The molecule has 1 atom stereocenters. The largest absolute Gasteiger partial charge is 0.385 e. The second kappa shape index (κ2) is 8.69. The van der Waals surface area contributed by atoms with Crippen LogP contribution in [0.5, 0.6) is 0 Å². The van der Waals surface area contributed by atoms with Crippen molar-refractivity contribution < 1.29 is 18.3 Å². The van der Waals surface area contributed by atoms with E-state index < -0.39 is 11.6 Å². The highest BCUT2D eigenvalue weighted by atomic mass is 19.2. The molecule has 1 aromatic rings. The van der Waals surface area contributed by atoms with E-state index in [4.69, 9.17) is 4.74 Å². The summed E-state index contributed by atoms with van der Waals surface area (Å²) in [6.07, 6.45) is 0.755. The van der Waals surface area contributed by atoms with Gasteiger partial charge in [-0.3, -0.25) is 9.69 Å². The molecule has 6 heteroatoms. The molecule has 1 unspecified atom stereocenters. The van der Waals surface area contributed by atoms with Gasteiger partial charge in [0.2, 0.25) is 5.91 Å². The van der Waals surface area contributed by atoms with Gasteiger partial charge in [0, 0.05) is 26.3 Å². The Kier molecular flexibility index (Phi) is 7.25. The summed E-state index contributed by atoms with van der Waals surface area (Å²) >= 11 is 0. The van der Waals surface area contributed by atoms with Gasteiger partial charge in [-0.15, -0.1) is 0 Å². The molecule has 1 amide bonds. The van der Waals surface area contributed by atoms with Gasteiger partial charge >= 0.3 is 0 Å². The first-order valence-electron chi connectivity index (χ1n) is 6.86. The van der Waals surface area contributed by atoms with Gasteiger partial charge in [-0.1, -0.05) is 6.07 Å². The summed E-state index contributed by atoms with van der Waals surface area (Å²) in [6, 6.07) is 3.59. The van der Waals surface area contributed by atoms with E-state index in [-0.39, 0.29) is 18.5 Å². The molecule has 0 aromatic heterocycles. The fraction of sp³-hybridized carbons (Fsp3) is 0.533. The van der Waals surface area contributed by atoms with Gasteiger partial charge in [-0.25, -0.2) is 8.78 Å². The molecular formula is C15H22F2N2O2. The third-order valence-electron chi connectivity index (χ3n) is 3.33. The van der Waals surface area contributed by atoms with Crippen molar-refractivity contribution in [3.63, 3.8) is 0 Å². The minimum Gasteiger partial charge on any atom is -0.385 e. The Morgan fingerprint density at radius 3 is 2.71 bits per heavy atom. The van der Waals surface area contributed by atoms with Gasteiger partial charge < -0.3 is 10.1 Å². The van der Waals surface area contributed by atoms with Crippen LogP contribution in [-0.4, -0.2) is 44.7 Å². The zero-order valence-corrected chi connectivity index (χ0v) is 12.7. The Morgan fingerprint density at radius 1 is 1.38 bits per heavy atom. The Morgan fingerprint density at radius 2 is 2.10 bits per heavy atom. The van der Waals surface area contributed by atoms with Crippen molar-refractivity contribution >= 4 is 5.91 Å². The van der Waals surface area contributed by atoms with E-state index in [0.29, 0.717) is 18.7 Å². The lowest BCUT2D eigenvalue weighted by atomic mass is 10.1. The second-order valence-corrected chi connectivity index (χ2v) is 4.96. The summed E-state index contributed by atoms with van der Waals surface area (Å²) in [4.78, 5) is 13.5. The highest BCUT2D eigenvalue weighted by Gasteiger charge is 2.16. The summed E-state index contributed by atoms with van der Waals surface area (Å²) in [6.45, 7) is 3.18. The van der Waals surface area contributed by atoms with Crippen LogP contribution >= 0.6 is 0 Å². The SMILES string of the molecule is COCCCNC(=O)CN(C)C(C)c1ccc(F)c(F)c1. The van der Waals surface area contributed by atoms with E-state index in [1.165, 1.54) is 6.07 Å². The first-order valence-corrected chi connectivity index (χ1v) is 6.86. The van der Waals surface area contributed by atoms with Crippen LogP contribution in [0.4, 0.5) is 8.78 Å². The maximum atomic E-state index is 13.2. The Hall–Kier alpha value is -1.53. The molecule has 0 aliphatic rings. The molecule has 0 saturated carbocycles. The highest BCUT2D eigenvalue weighted by molar-refractivity contribution is 5.78. The van der Waals surface area contributed by atoms with Crippen LogP contribution in [0.15, 0.2) is 18.2 Å². The lowest BCUT2D eigenvalue weighted by molar-refractivity contribution is -0.122. The van der Waals surface area contributed by atoms with E-state index in [9.17, 15) is 13.6 Å². The van der Waals surface area contributed by atoms with Crippen LogP contribution in [0.1, 0.15) is 24.9 Å². The van der Waals surface area contributed by atoms with Crippen molar-refractivity contribution in [3.8, 4) is 0 Å². The van der Waals surface area contributed by atoms with E-state index in [1.54, 1.807) is 19.1 Å². The normalized spacial score (nSPS) is 12.5. The fourth-order valence-electron chi connectivity index (χ4n) is 1.89. The number of hydrogen-bond acceptors (Lipinski definition) is 3. The topological polar surface area (TPSA) is 41.6 Å². The van der Waals surface area contributed by atoms with E-state index in [1.807, 2.05) is 6.92 Å². The third kappa shape index (κ3) is 5.77. The molecule has 118 valence electrons. The van der Waals surface area contributed by atoms with Crippen molar-refractivity contribution in [2.75, 3.05) is 33.9 Å². The number of benzene rings is 1. The lowest BCUT2D eigenvalue weighted by Crippen LogP contribution is -2.37. The van der Waals surface area contributed by atoms with Crippen LogP contribution in [0.3, 0.4) is 0 Å². The first-order chi connectivity index (χ1) is 9.95. The molecular weight excluding hydrogens is 278 g/mol. The molecule has 1 aromatic carbocycles. The Bertz CT molecular complexity index is 469. The monoisotopic (exact) mass is 300 g/mol. The van der Waals surface area contributed by atoms with Crippen LogP contribution in [0.25, 0.3) is 0 Å². The lowest BCUT2D eigenvalue weighted by Gasteiger charge is -2.24. The molecule has 0 radical (unpaired) electrons. The molecule has 0 saturated heterocycles. The zero-order chi connectivity index (χ0) is 15.8. The second-order valence-electron chi connectivity index (χ2n) is 4.96. The Labute approximate surface area is 124 Å². The molecule has 0 spiro atoms. The van der Waals surface area contributed by atoms with Crippen molar-refractivity contribution in [2.45, 2.75) is 19.4 Å². The predicted octanol–water partition coefficient (Wildman–Crippen LogP) is 2.11. The third-order valence-corrected chi connectivity index (χ3v) is 3.33. The van der Waals surface area contributed by atoms with Gasteiger partial charge in [-0.05, 0) is 38.1 Å². The Balaban J connectivity index is 2.48. The molecule has 0 bridgehead atoms. The molecule has 0 aliphatic carbocycles.